The first kappa shape index (κ1) is 11.1. The average Bonchev–Trinajstić information content (AvgIpc) is 2.19. The van der Waals surface area contributed by atoms with Crippen LogP contribution in [0.3, 0.4) is 0 Å². The molecule has 0 spiro atoms. The van der Waals surface area contributed by atoms with Crippen LogP contribution in [0.4, 0.5) is 0 Å². The molecule has 2 aliphatic heterocycles. The highest BCUT2D eigenvalue weighted by atomic mass is 16.1. The Morgan fingerprint density at radius 1 is 1.27 bits per heavy atom. The lowest BCUT2D eigenvalue weighted by Crippen LogP contribution is -2.57. The second-order valence-electron chi connectivity index (χ2n) is 4.92. The molecule has 3 heteroatoms. The molecule has 2 atom stereocenters. The molecule has 0 radical (unpaired) electrons. The summed E-state index contributed by atoms with van der Waals surface area (Å²) < 4.78 is 0. The molecule has 1 N–H and O–H groups in total. The van der Waals surface area contributed by atoms with E-state index in [0.29, 0.717) is 5.78 Å². The minimum absolute atomic E-state index is 0.277. The highest BCUT2D eigenvalue weighted by Gasteiger charge is 2.37. The van der Waals surface area contributed by atoms with Crippen LogP contribution in [0, 0.1) is 11.8 Å². The molecule has 2 aliphatic rings. The second kappa shape index (κ2) is 5.08. The predicted molar refractivity (Wildman–Crippen MR) is 60.8 cm³/mol. The zero-order chi connectivity index (χ0) is 10.7. The summed E-state index contributed by atoms with van der Waals surface area (Å²) in [5.41, 5.74) is 0. The Morgan fingerprint density at radius 3 is 2.53 bits per heavy atom. The van der Waals surface area contributed by atoms with Crippen molar-refractivity contribution < 1.29 is 4.79 Å². The van der Waals surface area contributed by atoms with Crippen LogP contribution in [0.25, 0.3) is 0 Å². The van der Waals surface area contributed by atoms with Crippen LogP contribution in [-0.4, -0.2) is 43.4 Å². The Hall–Kier alpha value is -0.410. The van der Waals surface area contributed by atoms with Crippen molar-refractivity contribution in [3.63, 3.8) is 0 Å². The van der Waals surface area contributed by atoms with E-state index in [1.807, 2.05) is 0 Å². The molecule has 2 unspecified atom stereocenters. The van der Waals surface area contributed by atoms with Gasteiger partial charge in [-0.05, 0) is 13.0 Å². The largest absolute Gasteiger partial charge is 0.315 e. The molecule has 2 fully saturated rings. The predicted octanol–water partition coefficient (Wildman–Crippen LogP) is 0.897. The maximum absolute atomic E-state index is 11.8. The highest BCUT2D eigenvalue weighted by molar-refractivity contribution is 5.85. The molecular weight excluding hydrogens is 188 g/mol. The Bertz CT molecular complexity index is 214. The van der Waals surface area contributed by atoms with Gasteiger partial charge in [-0.1, -0.05) is 19.8 Å². The van der Waals surface area contributed by atoms with Gasteiger partial charge in [0.05, 0.1) is 0 Å². The van der Waals surface area contributed by atoms with E-state index in [4.69, 9.17) is 0 Å². The van der Waals surface area contributed by atoms with Gasteiger partial charge in [-0.15, -0.1) is 0 Å². The molecule has 0 aromatic heterocycles. The summed E-state index contributed by atoms with van der Waals surface area (Å²) in [6, 6.07) is 0. The topological polar surface area (TPSA) is 32.3 Å². The van der Waals surface area contributed by atoms with Gasteiger partial charge in [-0.25, -0.2) is 0 Å². The smallest absolute Gasteiger partial charge is 0.144 e. The maximum atomic E-state index is 11.8. The zero-order valence-electron chi connectivity index (χ0n) is 9.67. The van der Waals surface area contributed by atoms with E-state index in [-0.39, 0.29) is 11.8 Å². The number of carbonyl (C=O) groups excluding carboxylic acids is 1. The van der Waals surface area contributed by atoms with E-state index in [9.17, 15) is 4.79 Å². The van der Waals surface area contributed by atoms with Gasteiger partial charge in [-0.3, -0.25) is 4.79 Å². The number of hydrogen-bond donors (Lipinski definition) is 1. The number of hydrogen-bond acceptors (Lipinski definition) is 3. The molecule has 2 bridgehead atoms. The minimum Gasteiger partial charge on any atom is -0.315 e. The summed E-state index contributed by atoms with van der Waals surface area (Å²) in [6.07, 6.45) is 3.89. The quantitative estimate of drug-likeness (QED) is 0.700. The van der Waals surface area contributed by atoms with Crippen molar-refractivity contribution in [2.24, 2.45) is 11.8 Å². The van der Waals surface area contributed by atoms with E-state index in [2.05, 4.69) is 17.1 Å². The van der Waals surface area contributed by atoms with Crippen molar-refractivity contribution in [1.82, 2.24) is 10.2 Å². The first-order chi connectivity index (χ1) is 7.31. The molecule has 0 aliphatic carbocycles. The Balaban J connectivity index is 1.82. The number of unbranched alkanes of at least 4 members (excludes halogenated alkanes) is 2. The monoisotopic (exact) mass is 210 g/mol. The number of ketones is 1. The van der Waals surface area contributed by atoms with Gasteiger partial charge in [0.15, 0.2) is 0 Å². The summed E-state index contributed by atoms with van der Waals surface area (Å²) >= 11 is 0. The van der Waals surface area contributed by atoms with Crippen LogP contribution in [0.5, 0.6) is 0 Å². The fourth-order valence-electron chi connectivity index (χ4n) is 2.74. The minimum atomic E-state index is 0.277. The first-order valence-electron chi connectivity index (χ1n) is 6.28. The number of likely N-dealkylation sites (tertiary alicyclic amines) is 1. The summed E-state index contributed by atoms with van der Waals surface area (Å²) in [7, 11) is 0. The molecule has 0 amide bonds. The SMILES string of the molecule is CCCCCN1CC2CNCC(C1)C2=O. The molecule has 86 valence electrons. The summed E-state index contributed by atoms with van der Waals surface area (Å²) in [4.78, 5) is 14.3. The lowest BCUT2D eigenvalue weighted by molar-refractivity contribution is -0.133. The zero-order valence-corrected chi connectivity index (χ0v) is 9.67. The van der Waals surface area contributed by atoms with Crippen LogP contribution >= 0.6 is 0 Å². The number of fused-ring (bicyclic) bond motifs is 2. The Kier molecular flexibility index (Phi) is 3.76. The molecule has 2 heterocycles. The van der Waals surface area contributed by atoms with E-state index >= 15 is 0 Å². The molecule has 2 saturated heterocycles. The third-order valence-electron chi connectivity index (χ3n) is 3.62. The van der Waals surface area contributed by atoms with Gasteiger partial charge < -0.3 is 10.2 Å². The normalized spacial score (nSPS) is 31.9. The van der Waals surface area contributed by atoms with Gasteiger partial charge >= 0.3 is 0 Å². The summed E-state index contributed by atoms with van der Waals surface area (Å²) in [6.45, 7) is 7.21. The number of rotatable bonds is 4. The van der Waals surface area contributed by atoms with E-state index in [1.165, 1.54) is 25.8 Å². The fraction of sp³-hybridized carbons (Fsp3) is 0.917. The van der Waals surface area contributed by atoms with Crippen LogP contribution in [0.1, 0.15) is 26.2 Å². The van der Waals surface area contributed by atoms with E-state index < -0.39 is 0 Å². The van der Waals surface area contributed by atoms with E-state index in [0.717, 1.165) is 26.2 Å². The Labute approximate surface area is 92.2 Å². The van der Waals surface area contributed by atoms with Crippen LogP contribution in [-0.2, 0) is 4.79 Å². The standard InChI is InChI=1S/C12H22N2O/c1-2-3-4-5-14-8-10-6-13-7-11(9-14)12(10)15/h10-11,13H,2-9H2,1H3. The molecular formula is C12H22N2O. The molecule has 2 rings (SSSR count). The van der Waals surface area contributed by atoms with Crippen molar-refractivity contribution in [2.75, 3.05) is 32.7 Å². The summed E-state index contributed by atoms with van der Waals surface area (Å²) in [5.74, 6) is 1.07. The van der Waals surface area contributed by atoms with Gasteiger partial charge in [0, 0.05) is 38.0 Å². The van der Waals surface area contributed by atoms with Crippen LogP contribution < -0.4 is 5.32 Å². The first-order valence-corrected chi connectivity index (χ1v) is 6.28. The molecule has 3 nitrogen and oxygen atoms in total. The Morgan fingerprint density at radius 2 is 1.93 bits per heavy atom. The van der Waals surface area contributed by atoms with Gasteiger partial charge in [-0.2, -0.15) is 0 Å². The van der Waals surface area contributed by atoms with E-state index in [1.54, 1.807) is 0 Å². The maximum Gasteiger partial charge on any atom is 0.144 e. The van der Waals surface area contributed by atoms with Crippen molar-refractivity contribution in [1.29, 1.82) is 0 Å². The second-order valence-corrected chi connectivity index (χ2v) is 4.92. The number of Topliss-reactive ketones (excluding diaryl/α,β-unsaturated/α-hetero) is 1. The van der Waals surface area contributed by atoms with Crippen LogP contribution in [0.15, 0.2) is 0 Å². The number of carbonyl (C=O) groups is 1. The fourth-order valence-corrected chi connectivity index (χ4v) is 2.74. The summed E-state index contributed by atoms with van der Waals surface area (Å²) in [5, 5.41) is 3.36. The van der Waals surface area contributed by atoms with Crippen molar-refractivity contribution in [2.45, 2.75) is 26.2 Å². The third kappa shape index (κ3) is 2.58. The molecule has 0 aromatic rings. The highest BCUT2D eigenvalue weighted by Crippen LogP contribution is 2.21. The molecule has 15 heavy (non-hydrogen) atoms. The van der Waals surface area contributed by atoms with Crippen molar-refractivity contribution in [3.05, 3.63) is 0 Å². The third-order valence-corrected chi connectivity index (χ3v) is 3.62. The van der Waals surface area contributed by atoms with Crippen molar-refractivity contribution in [3.8, 4) is 0 Å². The van der Waals surface area contributed by atoms with Crippen molar-refractivity contribution >= 4 is 5.78 Å². The average molecular weight is 210 g/mol. The number of piperidine rings is 2. The molecule has 0 aromatic carbocycles. The molecule has 0 saturated carbocycles. The lowest BCUT2D eigenvalue weighted by atomic mass is 9.84. The van der Waals surface area contributed by atoms with Gasteiger partial charge in [0.1, 0.15) is 5.78 Å². The number of nitrogens with zero attached hydrogens (tertiary/aromatic N) is 1. The van der Waals surface area contributed by atoms with Gasteiger partial charge in [0.25, 0.3) is 0 Å². The lowest BCUT2D eigenvalue weighted by Gasteiger charge is -2.40. The van der Waals surface area contributed by atoms with Gasteiger partial charge in [0.2, 0.25) is 0 Å². The number of nitrogens with one attached hydrogen (secondary N) is 1. The van der Waals surface area contributed by atoms with Crippen LogP contribution in [0.2, 0.25) is 0 Å².